The van der Waals surface area contributed by atoms with Gasteiger partial charge in [-0.1, -0.05) is 0 Å². The van der Waals surface area contributed by atoms with E-state index >= 15 is 0 Å². The van der Waals surface area contributed by atoms with Crippen LogP contribution in [0.3, 0.4) is 0 Å². The summed E-state index contributed by atoms with van der Waals surface area (Å²) in [6, 6.07) is 3.57. The molecule has 0 bridgehead atoms. The minimum atomic E-state index is -0.233. The number of aromatic nitrogens is 4. The van der Waals surface area contributed by atoms with Crippen molar-refractivity contribution < 1.29 is 0 Å². The van der Waals surface area contributed by atoms with E-state index in [0.717, 1.165) is 0 Å². The van der Waals surface area contributed by atoms with Gasteiger partial charge in [-0.3, -0.25) is 0 Å². The summed E-state index contributed by atoms with van der Waals surface area (Å²) in [7, 11) is 0. The molecule has 0 atom stereocenters. The van der Waals surface area contributed by atoms with Crippen molar-refractivity contribution in [2.45, 2.75) is 0 Å². The maximum atomic E-state index is 8.61. The van der Waals surface area contributed by atoms with Crippen LogP contribution in [0.25, 0.3) is 11.3 Å². The van der Waals surface area contributed by atoms with Crippen LogP contribution in [0.4, 0.5) is 0 Å². The predicted octanol–water partition coefficient (Wildman–Crippen LogP) is -0.780. The van der Waals surface area contributed by atoms with E-state index in [0.29, 0.717) is 11.3 Å². The Hall–Kier alpha value is -1.82. The number of hydrogen-bond donors (Lipinski definition) is 0. The quantitative estimate of drug-likeness (QED) is 0.555. The zero-order valence-corrected chi connectivity index (χ0v) is 7.80. The molecule has 0 aliphatic heterocycles. The van der Waals surface area contributed by atoms with Crippen molar-refractivity contribution >= 4 is 26.3 Å². The van der Waals surface area contributed by atoms with Crippen LogP contribution < -0.4 is 0 Å². The van der Waals surface area contributed by atoms with Crippen molar-refractivity contribution in [1.82, 2.24) is 17.9 Å². The van der Waals surface area contributed by atoms with Crippen molar-refractivity contribution in [2.75, 3.05) is 0 Å². The van der Waals surface area contributed by atoms with Crippen LogP contribution in [-0.2, 0) is 0 Å². The molecule has 0 spiro atoms. The average Bonchev–Trinajstić information content (AvgIpc) is 2.62. The van der Waals surface area contributed by atoms with Gasteiger partial charge < -0.3 is 0 Å². The second-order valence-electron chi connectivity index (χ2n) is 2.06. The third-order valence-electron chi connectivity index (χ3n) is 1.33. The Morgan fingerprint density at radius 2 is 1.38 bits per heavy atom. The second kappa shape index (κ2) is 2.91. The summed E-state index contributed by atoms with van der Waals surface area (Å²) >= 11 is -0.233. The van der Waals surface area contributed by atoms with Gasteiger partial charge in [0.2, 0.25) is 0 Å². The van der Waals surface area contributed by atoms with Gasteiger partial charge in [0.05, 0.1) is 0 Å². The fourth-order valence-electron chi connectivity index (χ4n) is 0.794. The van der Waals surface area contributed by atoms with Crippen LogP contribution in [0.1, 0.15) is 11.4 Å². The Bertz CT molecular complexity index is 496. The van der Waals surface area contributed by atoms with E-state index in [1.54, 1.807) is 12.1 Å². The van der Waals surface area contributed by atoms with Gasteiger partial charge in [0.1, 0.15) is 0 Å². The molecule has 2 rings (SSSR count). The molecule has 2 heterocycles. The Labute approximate surface area is 78.7 Å². The summed E-state index contributed by atoms with van der Waals surface area (Å²) in [6.07, 6.45) is 0. The first-order valence-corrected chi connectivity index (χ1v) is 4.69. The Balaban J connectivity index is 2.85. The maximum absolute atomic E-state index is 8.61. The van der Waals surface area contributed by atoms with E-state index < -0.39 is 0 Å². The molecule has 0 fully saturated rings. The second-order valence-corrected chi connectivity index (χ2v) is 3.16. The fraction of sp³-hybridized carbons (Fsp3) is 0. The Morgan fingerprint density at radius 1 is 0.923 bits per heavy atom. The summed E-state index contributed by atoms with van der Waals surface area (Å²) in [5, 5.41) is 17.2. The summed E-state index contributed by atoms with van der Waals surface area (Å²) < 4.78 is 7.89. The standard InChI is InChI=1S/C6N6Se/c7-1-3-4(2-8)10-6-5(9-3)11-13-12-6. The van der Waals surface area contributed by atoms with Crippen molar-refractivity contribution in [1.29, 1.82) is 10.5 Å². The predicted molar refractivity (Wildman–Crippen MR) is 41.5 cm³/mol. The fourth-order valence-corrected chi connectivity index (χ4v) is 1.72. The van der Waals surface area contributed by atoms with Gasteiger partial charge in [-0.2, -0.15) is 0 Å². The molecule has 0 saturated heterocycles. The van der Waals surface area contributed by atoms with Gasteiger partial charge in [-0.25, -0.2) is 0 Å². The van der Waals surface area contributed by atoms with Crippen LogP contribution in [0.2, 0.25) is 0 Å². The SMILES string of the molecule is N#Cc1nc2n[se]nc2nc1C#N. The van der Waals surface area contributed by atoms with Crippen molar-refractivity contribution in [3.8, 4) is 12.1 Å². The van der Waals surface area contributed by atoms with E-state index in [9.17, 15) is 0 Å². The molecule has 0 N–H and O–H groups in total. The first-order chi connectivity index (χ1) is 6.35. The van der Waals surface area contributed by atoms with Gasteiger partial charge in [0.15, 0.2) is 0 Å². The van der Waals surface area contributed by atoms with Crippen molar-refractivity contribution in [3.63, 3.8) is 0 Å². The molecule has 60 valence electrons. The topological polar surface area (TPSA) is 99.1 Å². The molecule has 0 aliphatic carbocycles. The van der Waals surface area contributed by atoms with Gasteiger partial charge in [0.25, 0.3) is 0 Å². The van der Waals surface area contributed by atoms with Crippen LogP contribution in [-0.4, -0.2) is 32.9 Å². The first kappa shape index (κ1) is 7.81. The summed E-state index contributed by atoms with van der Waals surface area (Å²) in [5.74, 6) is 0. The van der Waals surface area contributed by atoms with E-state index in [1.165, 1.54) is 0 Å². The molecule has 0 aliphatic rings. The average molecular weight is 235 g/mol. The molecular weight excluding hydrogens is 235 g/mol. The normalized spacial score (nSPS) is 9.38. The summed E-state index contributed by atoms with van der Waals surface area (Å²) in [6.45, 7) is 0. The van der Waals surface area contributed by atoms with Gasteiger partial charge >= 0.3 is 78.2 Å². The zero-order valence-electron chi connectivity index (χ0n) is 6.09. The third-order valence-corrected chi connectivity index (χ3v) is 2.39. The molecule has 2 aromatic heterocycles. The Morgan fingerprint density at radius 3 is 1.77 bits per heavy atom. The van der Waals surface area contributed by atoms with Gasteiger partial charge in [-0.15, -0.1) is 0 Å². The number of nitrogens with zero attached hydrogens (tertiary/aromatic N) is 6. The number of nitriles is 2. The molecule has 0 radical (unpaired) electrons. The molecule has 2 aromatic rings. The first-order valence-electron chi connectivity index (χ1n) is 3.15. The molecule has 7 heteroatoms. The van der Waals surface area contributed by atoms with Crippen molar-refractivity contribution in [2.24, 2.45) is 0 Å². The van der Waals surface area contributed by atoms with E-state index in [2.05, 4.69) is 17.9 Å². The van der Waals surface area contributed by atoms with Crippen molar-refractivity contribution in [3.05, 3.63) is 11.4 Å². The Kier molecular flexibility index (Phi) is 1.75. The molecule has 0 saturated carbocycles. The van der Waals surface area contributed by atoms with Crippen LogP contribution >= 0.6 is 0 Å². The monoisotopic (exact) mass is 236 g/mol. The number of hydrogen-bond acceptors (Lipinski definition) is 6. The van der Waals surface area contributed by atoms with E-state index in [-0.39, 0.29) is 26.3 Å². The molecule has 13 heavy (non-hydrogen) atoms. The summed E-state index contributed by atoms with van der Waals surface area (Å²) in [5.41, 5.74) is 0.766. The summed E-state index contributed by atoms with van der Waals surface area (Å²) in [4.78, 5) is 7.70. The number of rotatable bonds is 0. The number of fused-ring (bicyclic) bond motifs is 1. The van der Waals surface area contributed by atoms with Crippen LogP contribution in [0.5, 0.6) is 0 Å². The van der Waals surface area contributed by atoms with Crippen LogP contribution in [0, 0.1) is 22.7 Å². The minimum absolute atomic E-state index is 0.0119. The van der Waals surface area contributed by atoms with Crippen LogP contribution in [0.15, 0.2) is 0 Å². The molecule has 0 unspecified atom stereocenters. The molecular formula is C6N6Se. The molecule has 0 aromatic carbocycles. The van der Waals surface area contributed by atoms with Gasteiger partial charge in [0, 0.05) is 0 Å². The molecule has 0 amide bonds. The molecule has 6 nitrogen and oxygen atoms in total. The van der Waals surface area contributed by atoms with Gasteiger partial charge in [-0.05, 0) is 0 Å². The third kappa shape index (κ3) is 1.16. The van der Waals surface area contributed by atoms with E-state index in [4.69, 9.17) is 10.5 Å². The van der Waals surface area contributed by atoms with E-state index in [1.807, 2.05) is 0 Å². The zero-order chi connectivity index (χ0) is 9.26.